The summed E-state index contributed by atoms with van der Waals surface area (Å²) in [5.41, 5.74) is -3.69. The van der Waals surface area contributed by atoms with E-state index < -0.39 is 35.3 Å². The molecule has 2 atom stereocenters. The summed E-state index contributed by atoms with van der Waals surface area (Å²) in [4.78, 5) is 26.5. The minimum Gasteiger partial charge on any atom is -0.471 e. The van der Waals surface area contributed by atoms with E-state index in [2.05, 4.69) is 0 Å². The van der Waals surface area contributed by atoms with E-state index in [0.29, 0.717) is 11.5 Å². The molecule has 2 unspecified atom stereocenters. The highest BCUT2D eigenvalue weighted by atomic mass is 16.6. The number of para-hydroxylation sites is 2. The van der Waals surface area contributed by atoms with Crippen molar-refractivity contribution in [3.63, 3.8) is 0 Å². The molecule has 0 aliphatic carbocycles. The molecule has 0 aromatic heterocycles. The highest BCUT2D eigenvalue weighted by Gasteiger charge is 2.62. The quantitative estimate of drug-likeness (QED) is 0.560. The molecule has 0 bridgehead atoms. The van der Waals surface area contributed by atoms with Gasteiger partial charge < -0.3 is 18.9 Å². The highest BCUT2D eigenvalue weighted by Crippen LogP contribution is 2.36. The molecular formula is C24H30O6. The topological polar surface area (TPSA) is 71.1 Å². The van der Waals surface area contributed by atoms with E-state index in [1.807, 2.05) is 12.1 Å². The lowest BCUT2D eigenvalue weighted by molar-refractivity contribution is -0.201. The SMILES string of the molecule is CC(C)OC(=O)C(C)(Oc1ccccc1)C(C)(Oc1ccccc1)C(=O)OC(C)C. The largest absolute Gasteiger partial charge is 0.471 e. The summed E-state index contributed by atoms with van der Waals surface area (Å²) < 4.78 is 23.2. The van der Waals surface area contributed by atoms with E-state index in [1.165, 1.54) is 13.8 Å². The summed E-state index contributed by atoms with van der Waals surface area (Å²) in [6.45, 7) is 9.86. The van der Waals surface area contributed by atoms with E-state index >= 15 is 0 Å². The fourth-order valence-corrected chi connectivity index (χ4v) is 2.77. The first-order chi connectivity index (χ1) is 14.1. The summed E-state index contributed by atoms with van der Waals surface area (Å²) in [5.74, 6) is -0.692. The number of carbonyl (C=O) groups excluding carboxylic acids is 2. The molecule has 162 valence electrons. The van der Waals surface area contributed by atoms with Crippen molar-refractivity contribution < 1.29 is 28.5 Å². The van der Waals surface area contributed by atoms with E-state index in [-0.39, 0.29) is 0 Å². The van der Waals surface area contributed by atoms with Crippen LogP contribution in [0.2, 0.25) is 0 Å². The van der Waals surface area contributed by atoms with Crippen LogP contribution in [0.5, 0.6) is 11.5 Å². The van der Waals surface area contributed by atoms with E-state index in [4.69, 9.17) is 18.9 Å². The zero-order valence-electron chi connectivity index (χ0n) is 18.4. The van der Waals surface area contributed by atoms with Crippen LogP contribution in [0, 0.1) is 0 Å². The third-order valence-corrected chi connectivity index (χ3v) is 4.51. The van der Waals surface area contributed by atoms with Crippen molar-refractivity contribution in [1.29, 1.82) is 0 Å². The van der Waals surface area contributed by atoms with Crippen LogP contribution < -0.4 is 9.47 Å². The van der Waals surface area contributed by atoms with Gasteiger partial charge in [-0.2, -0.15) is 0 Å². The zero-order valence-corrected chi connectivity index (χ0v) is 18.4. The molecule has 30 heavy (non-hydrogen) atoms. The number of esters is 2. The van der Waals surface area contributed by atoms with Crippen molar-refractivity contribution in [3.05, 3.63) is 60.7 Å². The summed E-state index contributed by atoms with van der Waals surface area (Å²) in [7, 11) is 0. The van der Waals surface area contributed by atoms with Gasteiger partial charge in [0.15, 0.2) is 0 Å². The Morgan fingerprint density at radius 1 is 0.633 bits per heavy atom. The fraction of sp³-hybridized carbons (Fsp3) is 0.417. The lowest BCUT2D eigenvalue weighted by Crippen LogP contribution is -2.67. The Labute approximate surface area is 178 Å². The normalized spacial score (nSPS) is 15.1. The van der Waals surface area contributed by atoms with Crippen molar-refractivity contribution in [2.45, 2.75) is 65.0 Å². The summed E-state index contributed by atoms with van der Waals surface area (Å²) in [6.07, 6.45) is -0.836. The highest BCUT2D eigenvalue weighted by molar-refractivity contribution is 5.93. The Kier molecular flexibility index (Phi) is 7.48. The van der Waals surface area contributed by atoms with Gasteiger partial charge >= 0.3 is 11.9 Å². The van der Waals surface area contributed by atoms with Crippen LogP contribution in [0.4, 0.5) is 0 Å². The Bertz CT molecular complexity index is 762. The van der Waals surface area contributed by atoms with Gasteiger partial charge in [0.25, 0.3) is 11.2 Å². The number of hydrogen-bond donors (Lipinski definition) is 0. The van der Waals surface area contributed by atoms with Crippen LogP contribution >= 0.6 is 0 Å². The van der Waals surface area contributed by atoms with Crippen LogP contribution in [0.1, 0.15) is 41.5 Å². The maximum absolute atomic E-state index is 13.3. The van der Waals surface area contributed by atoms with Crippen LogP contribution in [0.15, 0.2) is 60.7 Å². The minimum absolute atomic E-state index is 0.390. The first kappa shape index (κ1) is 23.3. The van der Waals surface area contributed by atoms with E-state index in [9.17, 15) is 9.59 Å². The third kappa shape index (κ3) is 5.32. The summed E-state index contributed by atoms with van der Waals surface area (Å²) >= 11 is 0. The van der Waals surface area contributed by atoms with Gasteiger partial charge in [0.1, 0.15) is 11.5 Å². The molecule has 0 saturated heterocycles. The van der Waals surface area contributed by atoms with Gasteiger partial charge in [0.05, 0.1) is 12.2 Å². The van der Waals surface area contributed by atoms with Crippen molar-refractivity contribution >= 4 is 11.9 Å². The van der Waals surface area contributed by atoms with Crippen LogP contribution in [0.25, 0.3) is 0 Å². The molecule has 2 rings (SSSR count). The van der Waals surface area contributed by atoms with Crippen LogP contribution in [-0.2, 0) is 19.1 Å². The van der Waals surface area contributed by atoms with Crippen molar-refractivity contribution in [3.8, 4) is 11.5 Å². The first-order valence-corrected chi connectivity index (χ1v) is 9.99. The smallest absolute Gasteiger partial charge is 0.355 e. The van der Waals surface area contributed by atoms with Gasteiger partial charge in [-0.3, -0.25) is 0 Å². The second-order valence-electron chi connectivity index (χ2n) is 7.80. The molecule has 2 aromatic rings. The molecule has 0 aliphatic rings. The summed E-state index contributed by atoms with van der Waals surface area (Å²) in [6, 6.07) is 17.5. The van der Waals surface area contributed by atoms with E-state index in [1.54, 1.807) is 76.2 Å². The monoisotopic (exact) mass is 414 g/mol. The molecule has 0 heterocycles. The van der Waals surface area contributed by atoms with Crippen molar-refractivity contribution in [1.82, 2.24) is 0 Å². The molecule has 0 amide bonds. The standard InChI is InChI=1S/C24H30O6/c1-17(2)27-21(25)23(5,29-19-13-9-7-10-14-19)24(6,22(26)28-18(3)4)30-20-15-11-8-12-16-20/h7-18H,1-6H3. The second-order valence-corrected chi connectivity index (χ2v) is 7.80. The number of hydrogen-bond acceptors (Lipinski definition) is 6. The Balaban J connectivity index is 2.59. The fourth-order valence-electron chi connectivity index (χ4n) is 2.77. The van der Waals surface area contributed by atoms with Crippen molar-refractivity contribution in [2.75, 3.05) is 0 Å². The lowest BCUT2D eigenvalue weighted by Gasteiger charge is -2.42. The molecule has 0 fully saturated rings. The van der Waals surface area contributed by atoms with Crippen LogP contribution in [-0.4, -0.2) is 35.3 Å². The third-order valence-electron chi connectivity index (χ3n) is 4.51. The maximum atomic E-state index is 13.3. The molecule has 0 N–H and O–H groups in total. The average Bonchev–Trinajstić information content (AvgIpc) is 2.68. The van der Waals surface area contributed by atoms with Gasteiger partial charge in [-0.25, -0.2) is 9.59 Å². The number of benzene rings is 2. The second kappa shape index (κ2) is 9.65. The van der Waals surface area contributed by atoms with Gasteiger partial charge in [0.2, 0.25) is 0 Å². The molecule has 6 heteroatoms. The molecule has 6 nitrogen and oxygen atoms in total. The minimum atomic E-state index is -1.85. The Hall–Kier alpha value is -3.02. The summed E-state index contributed by atoms with van der Waals surface area (Å²) in [5, 5.41) is 0. The number of rotatable bonds is 9. The van der Waals surface area contributed by atoms with Gasteiger partial charge in [-0.1, -0.05) is 36.4 Å². The lowest BCUT2D eigenvalue weighted by atomic mass is 9.84. The Morgan fingerprint density at radius 3 is 1.20 bits per heavy atom. The predicted molar refractivity (Wildman–Crippen MR) is 113 cm³/mol. The molecule has 0 aliphatic heterocycles. The van der Waals surface area contributed by atoms with E-state index in [0.717, 1.165) is 0 Å². The van der Waals surface area contributed by atoms with Crippen molar-refractivity contribution in [2.24, 2.45) is 0 Å². The molecule has 0 radical (unpaired) electrons. The maximum Gasteiger partial charge on any atom is 0.355 e. The van der Waals surface area contributed by atoms with Gasteiger partial charge in [-0.15, -0.1) is 0 Å². The van der Waals surface area contributed by atoms with Gasteiger partial charge in [-0.05, 0) is 65.8 Å². The molecule has 2 aromatic carbocycles. The first-order valence-electron chi connectivity index (χ1n) is 9.99. The predicted octanol–water partition coefficient (Wildman–Crippen LogP) is 4.57. The molecular weight excluding hydrogens is 384 g/mol. The van der Waals surface area contributed by atoms with Gasteiger partial charge in [0, 0.05) is 0 Å². The number of ether oxygens (including phenoxy) is 4. The number of carbonyl (C=O) groups is 2. The molecule has 0 spiro atoms. The zero-order chi connectivity index (χ0) is 22.4. The Morgan fingerprint density at radius 2 is 0.933 bits per heavy atom. The van der Waals surface area contributed by atoms with Crippen LogP contribution in [0.3, 0.4) is 0 Å². The molecule has 0 saturated carbocycles. The average molecular weight is 414 g/mol.